The molecule has 0 bridgehead atoms. The van der Waals surface area contributed by atoms with Gasteiger partial charge >= 0.3 is 0 Å². The molecular formula is C17H17BrN2O2. The maximum Gasteiger partial charge on any atom is 0.263 e. The number of benzene rings is 2. The van der Waals surface area contributed by atoms with Crippen LogP contribution in [-0.4, -0.2) is 18.2 Å². The third-order valence-corrected chi connectivity index (χ3v) is 3.72. The van der Waals surface area contributed by atoms with Crippen molar-refractivity contribution in [2.75, 3.05) is 0 Å². The van der Waals surface area contributed by atoms with E-state index in [2.05, 4.69) is 26.4 Å². The van der Waals surface area contributed by atoms with Crippen LogP contribution >= 0.6 is 15.9 Å². The van der Waals surface area contributed by atoms with Gasteiger partial charge in [0.1, 0.15) is 0 Å². The Morgan fingerprint density at radius 3 is 2.64 bits per heavy atom. The van der Waals surface area contributed by atoms with Crippen LogP contribution in [0.15, 0.2) is 64.2 Å². The van der Waals surface area contributed by atoms with Gasteiger partial charge in [0.25, 0.3) is 5.91 Å². The SMILES string of the molecule is C[C@@H](O/N=C\c1ccccc1Br)C(=O)NCc1ccccc1. The molecule has 0 saturated carbocycles. The van der Waals surface area contributed by atoms with Gasteiger partial charge in [0.05, 0.1) is 6.21 Å². The lowest BCUT2D eigenvalue weighted by atomic mass is 10.2. The summed E-state index contributed by atoms with van der Waals surface area (Å²) < 4.78 is 0.920. The summed E-state index contributed by atoms with van der Waals surface area (Å²) in [4.78, 5) is 17.1. The molecule has 2 aromatic rings. The maximum atomic E-state index is 11.9. The molecule has 0 aromatic heterocycles. The second-order valence-electron chi connectivity index (χ2n) is 4.71. The fourth-order valence-electron chi connectivity index (χ4n) is 1.73. The van der Waals surface area contributed by atoms with E-state index in [0.717, 1.165) is 15.6 Å². The number of hydrogen-bond donors (Lipinski definition) is 1. The molecule has 22 heavy (non-hydrogen) atoms. The number of halogens is 1. The molecule has 1 N–H and O–H groups in total. The molecule has 1 amide bonds. The van der Waals surface area contributed by atoms with Crippen molar-refractivity contribution in [3.63, 3.8) is 0 Å². The van der Waals surface area contributed by atoms with E-state index in [1.54, 1.807) is 13.1 Å². The second-order valence-corrected chi connectivity index (χ2v) is 5.56. The maximum absolute atomic E-state index is 11.9. The average molecular weight is 361 g/mol. The Labute approximate surface area is 138 Å². The number of hydrogen-bond acceptors (Lipinski definition) is 3. The predicted molar refractivity (Wildman–Crippen MR) is 90.6 cm³/mol. The number of amides is 1. The van der Waals surface area contributed by atoms with Crippen molar-refractivity contribution in [2.45, 2.75) is 19.6 Å². The van der Waals surface area contributed by atoms with E-state index in [1.807, 2.05) is 54.6 Å². The van der Waals surface area contributed by atoms with Crippen LogP contribution in [0, 0.1) is 0 Å². The first-order chi connectivity index (χ1) is 10.7. The summed E-state index contributed by atoms with van der Waals surface area (Å²) >= 11 is 3.42. The molecule has 0 spiro atoms. The molecule has 0 aliphatic rings. The lowest BCUT2D eigenvalue weighted by Gasteiger charge is -2.10. The van der Waals surface area contributed by atoms with Crippen LogP contribution in [0.3, 0.4) is 0 Å². The largest absolute Gasteiger partial charge is 0.383 e. The normalized spacial score (nSPS) is 12.1. The van der Waals surface area contributed by atoms with Crippen LogP contribution in [0.5, 0.6) is 0 Å². The molecule has 0 aliphatic heterocycles. The van der Waals surface area contributed by atoms with E-state index < -0.39 is 6.10 Å². The Kier molecular flexibility index (Phi) is 6.15. The molecule has 4 nitrogen and oxygen atoms in total. The molecule has 2 aromatic carbocycles. The summed E-state index contributed by atoms with van der Waals surface area (Å²) in [6.07, 6.45) is 0.924. The van der Waals surface area contributed by atoms with Crippen LogP contribution in [0.25, 0.3) is 0 Å². The van der Waals surface area contributed by atoms with Gasteiger partial charge in [-0.15, -0.1) is 0 Å². The molecule has 0 fully saturated rings. The van der Waals surface area contributed by atoms with Crippen molar-refractivity contribution in [2.24, 2.45) is 5.16 Å². The van der Waals surface area contributed by atoms with Gasteiger partial charge in [-0.25, -0.2) is 0 Å². The van der Waals surface area contributed by atoms with Crippen molar-refractivity contribution in [3.8, 4) is 0 Å². The number of rotatable bonds is 6. The highest BCUT2D eigenvalue weighted by molar-refractivity contribution is 9.10. The topological polar surface area (TPSA) is 50.7 Å². The quantitative estimate of drug-likeness (QED) is 0.632. The van der Waals surface area contributed by atoms with Crippen molar-refractivity contribution >= 4 is 28.1 Å². The van der Waals surface area contributed by atoms with Gasteiger partial charge in [-0.05, 0) is 18.6 Å². The summed E-state index contributed by atoms with van der Waals surface area (Å²) in [6, 6.07) is 17.4. The Morgan fingerprint density at radius 1 is 1.23 bits per heavy atom. The standard InChI is InChI=1S/C17H17BrN2O2/c1-13(17(21)19-11-14-7-3-2-4-8-14)22-20-12-15-9-5-6-10-16(15)18/h2-10,12-13H,11H2,1H3,(H,19,21)/b20-12-/t13-/m1/s1. The van der Waals surface area contributed by atoms with Gasteiger partial charge in [0.2, 0.25) is 6.10 Å². The van der Waals surface area contributed by atoms with Crippen LogP contribution in [-0.2, 0) is 16.2 Å². The molecular weight excluding hydrogens is 344 g/mol. The molecule has 0 unspecified atom stereocenters. The van der Waals surface area contributed by atoms with E-state index in [1.165, 1.54) is 0 Å². The van der Waals surface area contributed by atoms with Crippen molar-refractivity contribution in [1.29, 1.82) is 0 Å². The Morgan fingerprint density at radius 2 is 1.91 bits per heavy atom. The molecule has 0 radical (unpaired) electrons. The van der Waals surface area contributed by atoms with E-state index in [0.29, 0.717) is 6.54 Å². The monoisotopic (exact) mass is 360 g/mol. The van der Waals surface area contributed by atoms with E-state index >= 15 is 0 Å². The zero-order valence-electron chi connectivity index (χ0n) is 12.2. The van der Waals surface area contributed by atoms with Crippen LogP contribution in [0.1, 0.15) is 18.1 Å². The zero-order valence-corrected chi connectivity index (χ0v) is 13.8. The van der Waals surface area contributed by atoms with Crippen molar-refractivity contribution in [1.82, 2.24) is 5.32 Å². The fraction of sp³-hybridized carbons (Fsp3) is 0.176. The first-order valence-electron chi connectivity index (χ1n) is 6.92. The van der Waals surface area contributed by atoms with Crippen LogP contribution in [0.2, 0.25) is 0 Å². The van der Waals surface area contributed by atoms with E-state index in [4.69, 9.17) is 4.84 Å². The summed E-state index contributed by atoms with van der Waals surface area (Å²) in [5.41, 5.74) is 1.93. The Bertz CT molecular complexity index is 644. The molecule has 0 saturated heterocycles. The number of nitrogens with zero attached hydrogens (tertiary/aromatic N) is 1. The zero-order chi connectivity index (χ0) is 15.8. The van der Waals surface area contributed by atoms with Gasteiger partial charge in [-0.2, -0.15) is 0 Å². The smallest absolute Gasteiger partial charge is 0.263 e. The number of carbonyl (C=O) groups excluding carboxylic acids is 1. The Hall–Kier alpha value is -2.14. The van der Waals surface area contributed by atoms with Gasteiger partial charge in [0.15, 0.2) is 0 Å². The highest BCUT2D eigenvalue weighted by Crippen LogP contribution is 2.13. The summed E-state index contributed by atoms with van der Waals surface area (Å²) in [6.45, 7) is 2.14. The van der Waals surface area contributed by atoms with Crippen molar-refractivity contribution < 1.29 is 9.63 Å². The molecule has 114 valence electrons. The lowest BCUT2D eigenvalue weighted by molar-refractivity contribution is -0.131. The number of oxime groups is 1. The minimum absolute atomic E-state index is 0.201. The molecule has 2 rings (SSSR count). The third kappa shape index (κ3) is 5.00. The number of carbonyl (C=O) groups is 1. The van der Waals surface area contributed by atoms with E-state index in [9.17, 15) is 4.79 Å². The summed E-state index contributed by atoms with van der Waals surface area (Å²) in [5, 5.41) is 6.67. The molecule has 0 aliphatic carbocycles. The molecule has 5 heteroatoms. The fourth-order valence-corrected chi connectivity index (χ4v) is 2.12. The van der Waals surface area contributed by atoms with E-state index in [-0.39, 0.29) is 5.91 Å². The lowest BCUT2D eigenvalue weighted by Crippen LogP contribution is -2.33. The minimum Gasteiger partial charge on any atom is -0.383 e. The second kappa shape index (κ2) is 8.34. The molecule has 1 atom stereocenters. The average Bonchev–Trinajstić information content (AvgIpc) is 2.55. The molecule has 0 heterocycles. The first-order valence-corrected chi connectivity index (χ1v) is 7.71. The number of nitrogens with one attached hydrogen (secondary N) is 1. The third-order valence-electron chi connectivity index (χ3n) is 2.99. The minimum atomic E-state index is -0.651. The highest BCUT2D eigenvalue weighted by Gasteiger charge is 2.13. The highest BCUT2D eigenvalue weighted by atomic mass is 79.9. The van der Waals surface area contributed by atoms with Gasteiger partial charge in [-0.1, -0.05) is 69.6 Å². The van der Waals surface area contributed by atoms with Crippen LogP contribution in [0.4, 0.5) is 0 Å². The first kappa shape index (κ1) is 16.2. The predicted octanol–water partition coefficient (Wildman–Crippen LogP) is 3.50. The van der Waals surface area contributed by atoms with Gasteiger partial charge in [-0.3, -0.25) is 4.79 Å². The summed E-state index contributed by atoms with van der Waals surface area (Å²) in [7, 11) is 0. The van der Waals surface area contributed by atoms with Gasteiger partial charge in [0, 0.05) is 16.6 Å². The van der Waals surface area contributed by atoms with Gasteiger partial charge < -0.3 is 10.2 Å². The van der Waals surface area contributed by atoms with Crippen molar-refractivity contribution in [3.05, 3.63) is 70.2 Å². The summed E-state index contributed by atoms with van der Waals surface area (Å²) in [5.74, 6) is -0.201. The van der Waals surface area contributed by atoms with Crippen LogP contribution < -0.4 is 5.32 Å². The Balaban J connectivity index is 1.80.